The van der Waals surface area contributed by atoms with Crippen molar-refractivity contribution in [3.05, 3.63) is 65.2 Å². The lowest BCUT2D eigenvalue weighted by Gasteiger charge is -2.19. The Balaban J connectivity index is 2.19. The monoisotopic (exact) mass is 333 g/mol. The van der Waals surface area contributed by atoms with E-state index in [4.69, 9.17) is 0 Å². The van der Waals surface area contributed by atoms with E-state index in [0.29, 0.717) is 17.4 Å². The minimum atomic E-state index is -0.0525. The second-order valence-electron chi connectivity index (χ2n) is 4.58. The largest absolute Gasteiger partial charge is 0.508 e. The fraction of sp³-hybridized carbons (Fsp3) is 0.188. The van der Waals surface area contributed by atoms with Crippen LogP contribution in [0.25, 0.3) is 0 Å². The van der Waals surface area contributed by atoms with Crippen LogP contribution in [0.15, 0.2) is 48.5 Å². The van der Waals surface area contributed by atoms with Crippen molar-refractivity contribution in [1.29, 1.82) is 0 Å². The summed E-state index contributed by atoms with van der Waals surface area (Å²) >= 11 is 3.39. The van der Waals surface area contributed by atoms with Gasteiger partial charge in [0.1, 0.15) is 5.75 Å². The van der Waals surface area contributed by atoms with Crippen molar-refractivity contribution in [3.63, 3.8) is 0 Å². The van der Waals surface area contributed by atoms with Gasteiger partial charge in [-0.1, -0.05) is 52.3 Å². The molecular weight excluding hydrogens is 318 g/mol. The molecule has 0 aromatic heterocycles. The van der Waals surface area contributed by atoms with Crippen molar-refractivity contribution in [2.75, 3.05) is 7.05 Å². The first kappa shape index (κ1) is 14.6. The Morgan fingerprint density at radius 3 is 2.35 bits per heavy atom. The van der Waals surface area contributed by atoms with Crippen molar-refractivity contribution in [1.82, 2.24) is 4.90 Å². The van der Waals surface area contributed by atoms with Crippen molar-refractivity contribution < 1.29 is 9.90 Å². The standard InChI is InChI=1S/C16H16BrNO2/c1-18(11-13-7-3-5-9-15(13)19)16(20)14-8-4-2-6-12(14)10-17/h2-9,19H,10-11H2,1H3. The Kier molecular flexibility index (Phi) is 4.79. The van der Waals surface area contributed by atoms with Crippen LogP contribution < -0.4 is 0 Å². The number of hydrogen-bond donors (Lipinski definition) is 1. The number of para-hydroxylation sites is 1. The molecule has 0 aliphatic heterocycles. The van der Waals surface area contributed by atoms with Crippen LogP contribution in [0.4, 0.5) is 0 Å². The van der Waals surface area contributed by atoms with Crippen molar-refractivity contribution in [2.45, 2.75) is 11.9 Å². The van der Waals surface area contributed by atoms with Crippen molar-refractivity contribution >= 4 is 21.8 Å². The van der Waals surface area contributed by atoms with E-state index in [0.717, 1.165) is 11.1 Å². The zero-order valence-electron chi connectivity index (χ0n) is 11.2. The van der Waals surface area contributed by atoms with E-state index in [1.807, 2.05) is 36.4 Å². The summed E-state index contributed by atoms with van der Waals surface area (Å²) in [5.41, 5.74) is 2.38. The molecule has 104 valence electrons. The summed E-state index contributed by atoms with van der Waals surface area (Å²) in [4.78, 5) is 14.1. The average Bonchev–Trinajstić information content (AvgIpc) is 2.48. The molecule has 0 aliphatic rings. The number of phenolic OH excluding ortho intramolecular Hbond substituents is 1. The Hall–Kier alpha value is -1.81. The lowest BCUT2D eigenvalue weighted by atomic mass is 10.1. The number of amides is 1. The van der Waals surface area contributed by atoms with Crippen LogP contribution in [-0.2, 0) is 11.9 Å². The third kappa shape index (κ3) is 3.20. The summed E-state index contributed by atoms with van der Waals surface area (Å²) in [5.74, 6) is 0.157. The number of alkyl halides is 1. The van der Waals surface area contributed by atoms with Gasteiger partial charge in [-0.3, -0.25) is 4.79 Å². The molecule has 0 heterocycles. The van der Waals surface area contributed by atoms with Crippen LogP contribution in [0.5, 0.6) is 5.75 Å². The van der Waals surface area contributed by atoms with E-state index in [9.17, 15) is 9.90 Å². The maximum Gasteiger partial charge on any atom is 0.254 e. The number of rotatable bonds is 4. The molecule has 0 atom stereocenters. The lowest BCUT2D eigenvalue weighted by Crippen LogP contribution is -2.27. The molecule has 1 N–H and O–H groups in total. The highest BCUT2D eigenvalue weighted by Crippen LogP contribution is 2.19. The van der Waals surface area contributed by atoms with Crippen LogP contribution >= 0.6 is 15.9 Å². The molecule has 0 fully saturated rings. The van der Waals surface area contributed by atoms with Gasteiger partial charge in [0.2, 0.25) is 0 Å². The number of benzene rings is 2. The number of nitrogens with zero attached hydrogens (tertiary/aromatic N) is 1. The first-order valence-corrected chi connectivity index (χ1v) is 7.42. The Morgan fingerprint density at radius 2 is 1.70 bits per heavy atom. The van der Waals surface area contributed by atoms with Crippen molar-refractivity contribution in [3.8, 4) is 5.75 Å². The topological polar surface area (TPSA) is 40.5 Å². The number of phenols is 1. The number of halogens is 1. The maximum atomic E-state index is 12.5. The summed E-state index contributed by atoms with van der Waals surface area (Å²) < 4.78 is 0. The number of carbonyl (C=O) groups excluding carboxylic acids is 1. The Labute approximate surface area is 127 Å². The molecule has 3 nitrogen and oxygen atoms in total. The number of carbonyl (C=O) groups is 1. The van der Waals surface area contributed by atoms with Gasteiger partial charge < -0.3 is 10.0 Å². The molecule has 0 radical (unpaired) electrons. The minimum absolute atomic E-state index is 0.0525. The van der Waals surface area contributed by atoms with E-state index >= 15 is 0 Å². The van der Waals surface area contributed by atoms with Gasteiger partial charge in [0.05, 0.1) is 0 Å². The third-order valence-corrected chi connectivity index (χ3v) is 3.74. The van der Waals surface area contributed by atoms with Gasteiger partial charge in [0, 0.05) is 30.0 Å². The number of hydrogen-bond acceptors (Lipinski definition) is 2. The van der Waals surface area contributed by atoms with E-state index in [1.54, 1.807) is 24.1 Å². The molecule has 2 aromatic rings. The van der Waals surface area contributed by atoms with E-state index in [2.05, 4.69) is 15.9 Å². The Morgan fingerprint density at radius 1 is 1.10 bits per heavy atom. The third-order valence-electron chi connectivity index (χ3n) is 3.14. The van der Waals surface area contributed by atoms with E-state index in [-0.39, 0.29) is 11.7 Å². The minimum Gasteiger partial charge on any atom is -0.508 e. The average molecular weight is 334 g/mol. The van der Waals surface area contributed by atoms with Crippen molar-refractivity contribution in [2.24, 2.45) is 0 Å². The lowest BCUT2D eigenvalue weighted by molar-refractivity contribution is 0.0783. The second-order valence-corrected chi connectivity index (χ2v) is 5.14. The molecule has 0 saturated heterocycles. The molecule has 1 amide bonds. The highest BCUT2D eigenvalue weighted by molar-refractivity contribution is 9.08. The SMILES string of the molecule is CN(Cc1ccccc1O)C(=O)c1ccccc1CBr. The molecule has 2 aromatic carbocycles. The summed E-state index contributed by atoms with van der Waals surface area (Å²) in [6, 6.07) is 14.6. The second kappa shape index (κ2) is 6.57. The summed E-state index contributed by atoms with van der Waals surface area (Å²) in [7, 11) is 1.74. The quantitative estimate of drug-likeness (QED) is 0.869. The van der Waals surface area contributed by atoms with Gasteiger partial charge in [-0.2, -0.15) is 0 Å². The van der Waals surface area contributed by atoms with Gasteiger partial charge in [-0.05, 0) is 17.7 Å². The van der Waals surface area contributed by atoms with Gasteiger partial charge in [-0.25, -0.2) is 0 Å². The van der Waals surface area contributed by atoms with E-state index < -0.39 is 0 Å². The predicted molar refractivity (Wildman–Crippen MR) is 83.0 cm³/mol. The first-order valence-electron chi connectivity index (χ1n) is 6.29. The van der Waals surface area contributed by atoms with E-state index in [1.165, 1.54) is 0 Å². The maximum absolute atomic E-state index is 12.5. The molecule has 4 heteroatoms. The molecule has 0 spiro atoms. The smallest absolute Gasteiger partial charge is 0.254 e. The Bertz CT molecular complexity index is 613. The fourth-order valence-electron chi connectivity index (χ4n) is 2.02. The van der Waals surface area contributed by atoms with Crippen LogP contribution in [0.3, 0.4) is 0 Å². The summed E-state index contributed by atoms with van der Waals surface area (Å²) in [6.45, 7) is 0.377. The van der Waals surface area contributed by atoms with Crippen LogP contribution in [0.2, 0.25) is 0 Å². The fourth-order valence-corrected chi connectivity index (χ4v) is 2.51. The van der Waals surface area contributed by atoms with Gasteiger partial charge in [-0.15, -0.1) is 0 Å². The molecule has 20 heavy (non-hydrogen) atoms. The molecule has 2 rings (SSSR count). The zero-order valence-corrected chi connectivity index (χ0v) is 12.8. The molecule has 0 bridgehead atoms. The van der Waals surface area contributed by atoms with Crippen LogP contribution in [0.1, 0.15) is 21.5 Å². The van der Waals surface area contributed by atoms with Gasteiger partial charge >= 0.3 is 0 Å². The highest BCUT2D eigenvalue weighted by atomic mass is 79.9. The normalized spacial score (nSPS) is 10.3. The molecular formula is C16H16BrNO2. The zero-order chi connectivity index (χ0) is 14.5. The number of aromatic hydroxyl groups is 1. The summed E-state index contributed by atoms with van der Waals surface area (Å²) in [6.07, 6.45) is 0. The summed E-state index contributed by atoms with van der Waals surface area (Å²) in [5, 5.41) is 10.4. The predicted octanol–water partition coefficient (Wildman–Crippen LogP) is 3.56. The van der Waals surface area contributed by atoms with Crippen LogP contribution in [0, 0.1) is 0 Å². The highest BCUT2D eigenvalue weighted by Gasteiger charge is 2.16. The first-order chi connectivity index (χ1) is 9.63. The van der Waals surface area contributed by atoms with Gasteiger partial charge in [0.15, 0.2) is 0 Å². The molecule has 0 saturated carbocycles. The van der Waals surface area contributed by atoms with Crippen LogP contribution in [-0.4, -0.2) is 23.0 Å². The van der Waals surface area contributed by atoms with Gasteiger partial charge in [0.25, 0.3) is 5.91 Å². The molecule has 0 unspecified atom stereocenters. The molecule has 0 aliphatic carbocycles.